The fourth-order valence-corrected chi connectivity index (χ4v) is 2.65. The van der Waals surface area contributed by atoms with Gasteiger partial charge < -0.3 is 15.4 Å². The molecule has 150 valence electrons. The first-order chi connectivity index (χ1) is 14.0. The van der Waals surface area contributed by atoms with Gasteiger partial charge >= 0.3 is 0 Å². The Labute approximate surface area is 169 Å². The lowest BCUT2D eigenvalue weighted by Crippen LogP contribution is -2.26. The van der Waals surface area contributed by atoms with Crippen LogP contribution in [0.4, 0.5) is 15.9 Å². The third-order valence-corrected chi connectivity index (χ3v) is 4.02. The molecule has 0 radical (unpaired) electrons. The number of aromatic nitrogens is 2. The van der Waals surface area contributed by atoms with Gasteiger partial charge in [0.2, 0.25) is 0 Å². The van der Waals surface area contributed by atoms with Gasteiger partial charge in [-0.15, -0.1) is 0 Å². The molecule has 1 heterocycles. The van der Waals surface area contributed by atoms with Gasteiger partial charge in [0.1, 0.15) is 23.1 Å². The minimum Gasteiger partial charge on any atom is -0.491 e. The van der Waals surface area contributed by atoms with Crippen molar-refractivity contribution in [1.29, 1.82) is 0 Å². The van der Waals surface area contributed by atoms with Crippen molar-refractivity contribution in [3.05, 3.63) is 78.0 Å². The normalized spacial score (nSPS) is 10.6. The molecular weight excluding hydrogens is 371 g/mol. The largest absolute Gasteiger partial charge is 0.491 e. The Balaban J connectivity index is 1.51. The number of hydrogen-bond acceptors (Lipinski definition) is 5. The highest BCUT2D eigenvalue weighted by molar-refractivity contribution is 5.92. The molecular formula is C22H23FN4O2. The number of carbonyl (C=O) groups excluding carboxylic acids is 1. The van der Waals surface area contributed by atoms with Crippen molar-refractivity contribution in [3.8, 4) is 5.75 Å². The molecule has 0 fully saturated rings. The lowest BCUT2D eigenvalue weighted by Gasteiger charge is -2.11. The highest BCUT2D eigenvalue weighted by atomic mass is 19.1. The van der Waals surface area contributed by atoms with E-state index in [1.165, 1.54) is 18.5 Å². The van der Waals surface area contributed by atoms with Crippen LogP contribution in [-0.4, -0.2) is 28.5 Å². The lowest BCUT2D eigenvalue weighted by molar-refractivity contribution is 0.0948. The van der Waals surface area contributed by atoms with E-state index >= 15 is 0 Å². The molecule has 0 saturated carbocycles. The summed E-state index contributed by atoms with van der Waals surface area (Å²) >= 11 is 0. The predicted octanol–water partition coefficient (Wildman–Crippen LogP) is 4.12. The van der Waals surface area contributed by atoms with Gasteiger partial charge in [-0.25, -0.2) is 14.4 Å². The van der Waals surface area contributed by atoms with E-state index in [9.17, 15) is 9.18 Å². The second-order valence-electron chi connectivity index (χ2n) is 6.70. The van der Waals surface area contributed by atoms with Crippen LogP contribution in [0, 0.1) is 5.82 Å². The van der Waals surface area contributed by atoms with Gasteiger partial charge in [0.25, 0.3) is 5.91 Å². The van der Waals surface area contributed by atoms with Crippen LogP contribution in [-0.2, 0) is 6.42 Å². The average Bonchev–Trinajstić information content (AvgIpc) is 2.71. The van der Waals surface area contributed by atoms with Crippen molar-refractivity contribution in [2.45, 2.75) is 26.4 Å². The molecule has 29 heavy (non-hydrogen) atoms. The topological polar surface area (TPSA) is 76.1 Å². The Bertz CT molecular complexity index is 944. The van der Waals surface area contributed by atoms with E-state index in [0.717, 1.165) is 11.4 Å². The number of carbonyl (C=O) groups is 1. The van der Waals surface area contributed by atoms with E-state index in [0.29, 0.717) is 24.3 Å². The molecule has 0 aliphatic carbocycles. The highest BCUT2D eigenvalue weighted by Gasteiger charge is 2.09. The number of nitrogens with one attached hydrogen (secondary N) is 2. The maximum Gasteiger partial charge on any atom is 0.271 e. The Kier molecular flexibility index (Phi) is 6.73. The molecule has 2 N–H and O–H groups in total. The zero-order valence-corrected chi connectivity index (χ0v) is 16.4. The van der Waals surface area contributed by atoms with Crippen LogP contribution in [0.5, 0.6) is 5.75 Å². The van der Waals surface area contributed by atoms with Crippen molar-refractivity contribution < 1.29 is 13.9 Å². The van der Waals surface area contributed by atoms with Crippen molar-refractivity contribution in [3.63, 3.8) is 0 Å². The summed E-state index contributed by atoms with van der Waals surface area (Å²) in [6, 6.07) is 14.0. The maximum atomic E-state index is 13.6. The first-order valence-electron chi connectivity index (χ1n) is 9.38. The molecule has 0 unspecified atom stereocenters. The summed E-state index contributed by atoms with van der Waals surface area (Å²) in [5.41, 5.74) is 1.59. The van der Waals surface area contributed by atoms with Gasteiger partial charge in [-0.3, -0.25) is 4.79 Å². The number of benzene rings is 2. The number of anilines is 2. The number of halogens is 1. The Morgan fingerprint density at radius 1 is 1.07 bits per heavy atom. The van der Waals surface area contributed by atoms with Gasteiger partial charge in [-0.2, -0.15) is 0 Å². The van der Waals surface area contributed by atoms with Crippen LogP contribution in [0.25, 0.3) is 0 Å². The monoisotopic (exact) mass is 394 g/mol. The Morgan fingerprint density at radius 3 is 2.48 bits per heavy atom. The van der Waals surface area contributed by atoms with Gasteiger partial charge in [-0.1, -0.05) is 18.2 Å². The smallest absolute Gasteiger partial charge is 0.271 e. The van der Waals surface area contributed by atoms with Crippen molar-refractivity contribution in [2.24, 2.45) is 0 Å². The summed E-state index contributed by atoms with van der Waals surface area (Å²) in [5, 5.41) is 5.84. The summed E-state index contributed by atoms with van der Waals surface area (Å²) in [7, 11) is 0. The molecule has 0 atom stereocenters. The van der Waals surface area contributed by atoms with E-state index in [2.05, 4.69) is 20.6 Å². The van der Waals surface area contributed by atoms with Crippen molar-refractivity contribution >= 4 is 17.4 Å². The molecule has 1 aromatic heterocycles. The zero-order chi connectivity index (χ0) is 20.6. The molecule has 2 aromatic carbocycles. The molecule has 6 nitrogen and oxygen atoms in total. The van der Waals surface area contributed by atoms with Crippen molar-refractivity contribution in [1.82, 2.24) is 15.3 Å². The molecule has 0 aliphatic rings. The summed E-state index contributed by atoms with van der Waals surface area (Å²) in [6.07, 6.45) is 3.41. The van der Waals surface area contributed by atoms with Crippen LogP contribution in [0.15, 0.2) is 60.9 Å². The molecule has 0 spiro atoms. The molecule has 0 aliphatic heterocycles. The first kappa shape index (κ1) is 20.3. The fraction of sp³-hybridized carbons (Fsp3) is 0.227. The molecule has 0 saturated heterocycles. The summed E-state index contributed by atoms with van der Waals surface area (Å²) in [4.78, 5) is 20.5. The van der Waals surface area contributed by atoms with E-state index in [1.807, 2.05) is 38.1 Å². The van der Waals surface area contributed by atoms with Crippen molar-refractivity contribution in [2.75, 3.05) is 11.9 Å². The van der Waals surface area contributed by atoms with E-state index < -0.39 is 0 Å². The number of rotatable bonds is 8. The Hall–Kier alpha value is -3.48. The molecule has 7 heteroatoms. The van der Waals surface area contributed by atoms with Crippen LogP contribution < -0.4 is 15.4 Å². The number of ether oxygens (including phenoxy) is 1. The molecule has 3 rings (SSSR count). The van der Waals surface area contributed by atoms with Crippen LogP contribution >= 0.6 is 0 Å². The maximum absolute atomic E-state index is 13.6. The van der Waals surface area contributed by atoms with Crippen LogP contribution in [0.2, 0.25) is 0 Å². The van der Waals surface area contributed by atoms with E-state index in [4.69, 9.17) is 4.74 Å². The number of amides is 1. The minimum atomic E-state index is -0.351. The predicted molar refractivity (Wildman–Crippen MR) is 110 cm³/mol. The minimum absolute atomic E-state index is 0.116. The highest BCUT2D eigenvalue weighted by Crippen LogP contribution is 2.19. The van der Waals surface area contributed by atoms with E-state index in [-0.39, 0.29) is 23.5 Å². The van der Waals surface area contributed by atoms with E-state index in [1.54, 1.807) is 18.2 Å². The van der Waals surface area contributed by atoms with Crippen LogP contribution in [0.3, 0.4) is 0 Å². The summed E-state index contributed by atoms with van der Waals surface area (Å²) in [5.74, 6) is 0.681. The standard InChI is InChI=1S/C22H23FN4O2/c1-15(2)29-18-9-7-17(8-10-18)27-21-14-25-20(13-26-21)22(28)24-12-11-16-5-3-4-6-19(16)23/h3-10,13-15H,11-12H2,1-2H3,(H,24,28)(H,26,27). The quantitative estimate of drug-likeness (QED) is 0.601. The second kappa shape index (κ2) is 9.64. The Morgan fingerprint density at radius 2 is 1.83 bits per heavy atom. The molecule has 0 bridgehead atoms. The second-order valence-corrected chi connectivity index (χ2v) is 6.70. The fourth-order valence-electron chi connectivity index (χ4n) is 2.65. The van der Waals surface area contributed by atoms with Gasteiger partial charge in [0.05, 0.1) is 18.5 Å². The first-order valence-corrected chi connectivity index (χ1v) is 9.38. The number of nitrogens with zero attached hydrogens (tertiary/aromatic N) is 2. The zero-order valence-electron chi connectivity index (χ0n) is 16.4. The number of hydrogen-bond donors (Lipinski definition) is 2. The van der Waals surface area contributed by atoms with Gasteiger partial charge in [0.15, 0.2) is 0 Å². The molecule has 1 amide bonds. The third kappa shape index (κ3) is 6.00. The van der Waals surface area contributed by atoms with Gasteiger partial charge in [-0.05, 0) is 56.2 Å². The third-order valence-electron chi connectivity index (χ3n) is 4.02. The SMILES string of the molecule is CC(C)Oc1ccc(Nc2cnc(C(=O)NCCc3ccccc3F)cn2)cc1. The average molecular weight is 394 g/mol. The lowest BCUT2D eigenvalue weighted by atomic mass is 10.1. The summed E-state index contributed by atoms with van der Waals surface area (Å²) < 4.78 is 19.2. The van der Waals surface area contributed by atoms with Crippen LogP contribution in [0.1, 0.15) is 29.9 Å². The summed E-state index contributed by atoms with van der Waals surface area (Å²) in [6.45, 7) is 4.26. The van der Waals surface area contributed by atoms with Gasteiger partial charge in [0, 0.05) is 12.2 Å². The molecule has 3 aromatic rings.